The van der Waals surface area contributed by atoms with Gasteiger partial charge in [-0.1, -0.05) is 0 Å². The number of amidine groups is 1. The summed E-state index contributed by atoms with van der Waals surface area (Å²) in [6.45, 7) is 3.19. The molecule has 0 bridgehead atoms. The molecule has 54 valence electrons. The molecule has 0 rings (SSSR count). The number of rotatable bonds is 1. The van der Waals surface area contributed by atoms with Crippen molar-refractivity contribution in [3.05, 3.63) is 0 Å². The van der Waals surface area contributed by atoms with E-state index in [1.807, 2.05) is 0 Å². The maximum Gasteiger partial charge on any atom is 0.127 e. The largest absolute Gasteiger partial charge is 0.383 e. The Morgan fingerprint density at radius 1 is 1.44 bits per heavy atom. The van der Waals surface area contributed by atoms with Crippen LogP contribution in [0.25, 0.3) is 0 Å². The molecule has 0 aromatic heterocycles. The van der Waals surface area contributed by atoms with Crippen LogP contribution in [0.1, 0.15) is 13.8 Å². The SMILES string of the molecule is CN(C)C(=N)C(C)(C)O. The van der Waals surface area contributed by atoms with Crippen LogP contribution in [0.2, 0.25) is 0 Å². The van der Waals surface area contributed by atoms with Crippen molar-refractivity contribution >= 4 is 5.84 Å². The van der Waals surface area contributed by atoms with Gasteiger partial charge < -0.3 is 10.0 Å². The maximum atomic E-state index is 9.19. The molecule has 0 aromatic carbocycles. The highest BCUT2D eigenvalue weighted by atomic mass is 16.3. The number of hydrogen-bond donors (Lipinski definition) is 2. The lowest BCUT2D eigenvalue weighted by molar-refractivity contribution is 0.140. The number of likely N-dealkylation sites (N-methyl/N-ethyl adjacent to an activating group) is 1. The summed E-state index contributed by atoms with van der Waals surface area (Å²) in [5, 5.41) is 16.5. The average molecular weight is 130 g/mol. The third-order valence-electron chi connectivity index (χ3n) is 1.03. The van der Waals surface area contributed by atoms with Gasteiger partial charge in [0.25, 0.3) is 0 Å². The number of aliphatic hydroxyl groups is 1. The van der Waals surface area contributed by atoms with E-state index in [4.69, 9.17) is 5.41 Å². The Kier molecular flexibility index (Phi) is 2.20. The summed E-state index contributed by atoms with van der Waals surface area (Å²) in [6.07, 6.45) is 0. The molecule has 0 saturated carbocycles. The van der Waals surface area contributed by atoms with Gasteiger partial charge in [0, 0.05) is 14.1 Å². The summed E-state index contributed by atoms with van der Waals surface area (Å²) in [6, 6.07) is 0. The van der Waals surface area contributed by atoms with Gasteiger partial charge in [-0.3, -0.25) is 5.41 Å². The van der Waals surface area contributed by atoms with Crippen molar-refractivity contribution in [1.29, 1.82) is 5.41 Å². The van der Waals surface area contributed by atoms with E-state index in [1.165, 1.54) is 0 Å². The Balaban J connectivity index is 4.06. The molecule has 0 saturated heterocycles. The van der Waals surface area contributed by atoms with Gasteiger partial charge in [-0.25, -0.2) is 0 Å². The van der Waals surface area contributed by atoms with Crippen molar-refractivity contribution in [3.8, 4) is 0 Å². The first kappa shape index (κ1) is 8.43. The minimum absolute atomic E-state index is 0.225. The molecule has 0 atom stereocenters. The van der Waals surface area contributed by atoms with Crippen LogP contribution in [-0.4, -0.2) is 35.5 Å². The van der Waals surface area contributed by atoms with Crippen molar-refractivity contribution in [2.24, 2.45) is 0 Å². The Morgan fingerprint density at radius 2 is 1.78 bits per heavy atom. The quantitative estimate of drug-likeness (QED) is 0.396. The van der Waals surface area contributed by atoms with Gasteiger partial charge in [-0.05, 0) is 13.8 Å². The summed E-state index contributed by atoms with van der Waals surface area (Å²) < 4.78 is 0. The summed E-state index contributed by atoms with van der Waals surface area (Å²) in [5.41, 5.74) is -1.01. The van der Waals surface area contributed by atoms with E-state index in [0.29, 0.717) is 0 Å². The molecule has 0 unspecified atom stereocenters. The van der Waals surface area contributed by atoms with Gasteiger partial charge in [0.1, 0.15) is 11.4 Å². The number of nitrogens with zero attached hydrogens (tertiary/aromatic N) is 1. The topological polar surface area (TPSA) is 47.3 Å². The third-order valence-corrected chi connectivity index (χ3v) is 1.03. The van der Waals surface area contributed by atoms with Crippen LogP contribution in [0.5, 0.6) is 0 Å². The first-order valence-corrected chi connectivity index (χ1v) is 2.84. The Labute approximate surface area is 55.8 Å². The van der Waals surface area contributed by atoms with E-state index >= 15 is 0 Å². The lowest BCUT2D eigenvalue weighted by atomic mass is 10.1. The summed E-state index contributed by atoms with van der Waals surface area (Å²) in [5.74, 6) is 0.225. The van der Waals surface area contributed by atoms with Gasteiger partial charge >= 0.3 is 0 Å². The van der Waals surface area contributed by atoms with Crippen LogP contribution in [0.3, 0.4) is 0 Å². The molecule has 0 fully saturated rings. The van der Waals surface area contributed by atoms with Gasteiger partial charge in [0.2, 0.25) is 0 Å². The first-order chi connectivity index (χ1) is 3.85. The normalized spacial score (nSPS) is 11.2. The van der Waals surface area contributed by atoms with Crippen LogP contribution in [0, 0.1) is 5.41 Å². The van der Waals surface area contributed by atoms with Crippen LogP contribution in [-0.2, 0) is 0 Å². The van der Waals surface area contributed by atoms with E-state index in [-0.39, 0.29) is 5.84 Å². The standard InChI is InChI=1S/C6H14N2O/c1-6(2,9)5(7)8(3)4/h7,9H,1-4H3. The lowest BCUT2D eigenvalue weighted by Gasteiger charge is -2.24. The van der Waals surface area contributed by atoms with Crippen molar-refractivity contribution < 1.29 is 5.11 Å². The van der Waals surface area contributed by atoms with Gasteiger partial charge in [0.15, 0.2) is 0 Å². The lowest BCUT2D eigenvalue weighted by Crippen LogP contribution is -2.40. The second-order valence-electron chi connectivity index (χ2n) is 2.80. The molecule has 0 aromatic rings. The van der Waals surface area contributed by atoms with Crippen molar-refractivity contribution in [2.45, 2.75) is 19.4 Å². The van der Waals surface area contributed by atoms with Gasteiger partial charge in [-0.15, -0.1) is 0 Å². The number of hydrogen-bond acceptors (Lipinski definition) is 2. The first-order valence-electron chi connectivity index (χ1n) is 2.84. The average Bonchev–Trinajstić information content (AvgIpc) is 1.62. The molecule has 0 aliphatic carbocycles. The molecule has 0 amide bonds. The number of nitrogens with one attached hydrogen (secondary N) is 1. The Morgan fingerprint density at radius 3 is 1.78 bits per heavy atom. The summed E-state index contributed by atoms with van der Waals surface area (Å²) >= 11 is 0. The highest BCUT2D eigenvalue weighted by molar-refractivity contribution is 5.86. The van der Waals surface area contributed by atoms with E-state index < -0.39 is 5.60 Å². The zero-order valence-electron chi connectivity index (χ0n) is 6.39. The second-order valence-corrected chi connectivity index (χ2v) is 2.80. The fraction of sp³-hybridized carbons (Fsp3) is 0.833. The van der Waals surface area contributed by atoms with Gasteiger partial charge in [-0.2, -0.15) is 0 Å². The van der Waals surface area contributed by atoms with Crippen molar-refractivity contribution in [1.82, 2.24) is 4.90 Å². The van der Waals surface area contributed by atoms with Crippen LogP contribution in [0.15, 0.2) is 0 Å². The van der Waals surface area contributed by atoms with E-state index in [2.05, 4.69) is 0 Å². The van der Waals surface area contributed by atoms with Crippen LogP contribution >= 0.6 is 0 Å². The Bertz CT molecular complexity index is 113. The molecule has 3 heteroatoms. The molecule has 0 aliphatic rings. The minimum Gasteiger partial charge on any atom is -0.383 e. The molecule has 0 aliphatic heterocycles. The molecule has 3 nitrogen and oxygen atoms in total. The fourth-order valence-electron chi connectivity index (χ4n) is 0.547. The molecule has 0 heterocycles. The zero-order valence-corrected chi connectivity index (χ0v) is 6.39. The fourth-order valence-corrected chi connectivity index (χ4v) is 0.547. The highest BCUT2D eigenvalue weighted by Crippen LogP contribution is 2.03. The molecule has 0 spiro atoms. The van der Waals surface area contributed by atoms with Gasteiger partial charge in [0.05, 0.1) is 0 Å². The maximum absolute atomic E-state index is 9.19. The third kappa shape index (κ3) is 2.46. The van der Waals surface area contributed by atoms with Crippen molar-refractivity contribution in [3.63, 3.8) is 0 Å². The van der Waals surface area contributed by atoms with E-state index in [1.54, 1.807) is 32.8 Å². The smallest absolute Gasteiger partial charge is 0.127 e. The molecular weight excluding hydrogens is 116 g/mol. The van der Waals surface area contributed by atoms with E-state index in [0.717, 1.165) is 0 Å². The molecular formula is C6H14N2O. The minimum atomic E-state index is -1.01. The monoisotopic (exact) mass is 130 g/mol. The summed E-state index contributed by atoms with van der Waals surface area (Å²) in [4.78, 5) is 1.58. The predicted octanol–water partition coefficient (Wildman–Crippen LogP) is 0.296. The van der Waals surface area contributed by atoms with E-state index in [9.17, 15) is 5.11 Å². The Hall–Kier alpha value is -0.570. The molecule has 0 radical (unpaired) electrons. The van der Waals surface area contributed by atoms with Crippen LogP contribution < -0.4 is 0 Å². The van der Waals surface area contributed by atoms with Crippen molar-refractivity contribution in [2.75, 3.05) is 14.1 Å². The zero-order chi connectivity index (χ0) is 7.65. The highest BCUT2D eigenvalue weighted by Gasteiger charge is 2.20. The predicted molar refractivity (Wildman–Crippen MR) is 37.7 cm³/mol. The van der Waals surface area contributed by atoms with Crippen LogP contribution in [0.4, 0.5) is 0 Å². The molecule has 9 heavy (non-hydrogen) atoms. The molecule has 2 N–H and O–H groups in total. The second kappa shape index (κ2) is 2.35. The summed E-state index contributed by atoms with van der Waals surface area (Å²) in [7, 11) is 3.47.